The second-order valence-corrected chi connectivity index (χ2v) is 6.84. The maximum absolute atomic E-state index is 12.4. The van der Waals surface area contributed by atoms with Crippen molar-refractivity contribution in [2.75, 3.05) is 0 Å². The van der Waals surface area contributed by atoms with E-state index in [1.54, 1.807) is 20.0 Å². The van der Waals surface area contributed by atoms with Crippen molar-refractivity contribution in [1.29, 1.82) is 0 Å². The first-order chi connectivity index (χ1) is 13.2. The zero-order valence-corrected chi connectivity index (χ0v) is 16.4. The maximum Gasteiger partial charge on any atom is 0.321 e. The Bertz CT molecular complexity index is 803. The molecule has 0 spiro atoms. The van der Waals surface area contributed by atoms with E-state index in [-0.39, 0.29) is 18.4 Å². The summed E-state index contributed by atoms with van der Waals surface area (Å²) >= 11 is 0. The number of nitrogens with zero attached hydrogens (tertiary/aromatic N) is 1. The Morgan fingerprint density at radius 1 is 1.14 bits per heavy atom. The molecule has 28 heavy (non-hydrogen) atoms. The Hall–Kier alpha value is -3.16. The van der Waals surface area contributed by atoms with Crippen LogP contribution in [0.2, 0.25) is 0 Å². The van der Waals surface area contributed by atoms with Crippen molar-refractivity contribution < 1.29 is 23.9 Å². The number of rotatable bonds is 5. The van der Waals surface area contributed by atoms with E-state index in [2.05, 4.69) is 10.6 Å². The van der Waals surface area contributed by atoms with Crippen molar-refractivity contribution in [2.24, 2.45) is 0 Å². The Morgan fingerprint density at radius 2 is 1.82 bits per heavy atom. The Labute approximate surface area is 163 Å². The molecule has 1 aromatic carbocycles. The zero-order valence-electron chi connectivity index (χ0n) is 16.4. The van der Waals surface area contributed by atoms with Crippen LogP contribution in [0.5, 0.6) is 0 Å². The number of carbonyl (C=O) groups is 4. The van der Waals surface area contributed by atoms with Crippen molar-refractivity contribution in [3.63, 3.8) is 0 Å². The van der Waals surface area contributed by atoms with E-state index in [4.69, 9.17) is 4.74 Å². The SMILES string of the molecule is CC(=O)N1C=Cc2ccccc2[C@@H]1CC(=O)O[C@H](C)C(=O)NC(=O)NC(C)C. The summed E-state index contributed by atoms with van der Waals surface area (Å²) in [5, 5.41) is 4.63. The average molecular weight is 387 g/mol. The molecule has 0 saturated heterocycles. The van der Waals surface area contributed by atoms with Crippen LogP contribution in [0.15, 0.2) is 30.5 Å². The number of esters is 1. The first-order valence-electron chi connectivity index (χ1n) is 9.06. The summed E-state index contributed by atoms with van der Waals surface area (Å²) < 4.78 is 5.17. The van der Waals surface area contributed by atoms with E-state index < -0.39 is 30.1 Å². The van der Waals surface area contributed by atoms with Gasteiger partial charge in [-0.25, -0.2) is 4.79 Å². The van der Waals surface area contributed by atoms with Crippen LogP contribution < -0.4 is 10.6 Å². The largest absolute Gasteiger partial charge is 0.452 e. The molecule has 1 aromatic rings. The molecule has 4 amide bonds. The monoisotopic (exact) mass is 387 g/mol. The van der Waals surface area contributed by atoms with Crippen molar-refractivity contribution in [3.8, 4) is 0 Å². The Morgan fingerprint density at radius 3 is 2.46 bits per heavy atom. The van der Waals surface area contributed by atoms with Crippen LogP contribution in [-0.4, -0.2) is 40.9 Å². The molecular formula is C20H25N3O5. The van der Waals surface area contributed by atoms with Gasteiger partial charge >= 0.3 is 12.0 Å². The molecule has 2 atom stereocenters. The highest BCUT2D eigenvalue weighted by Crippen LogP contribution is 2.33. The van der Waals surface area contributed by atoms with Gasteiger partial charge in [0.05, 0.1) is 12.5 Å². The van der Waals surface area contributed by atoms with Crippen LogP contribution in [0.25, 0.3) is 6.08 Å². The second kappa shape index (κ2) is 9.16. The number of nitrogens with one attached hydrogen (secondary N) is 2. The molecule has 0 saturated carbocycles. The molecule has 1 heterocycles. The quantitative estimate of drug-likeness (QED) is 0.753. The number of hydrogen-bond acceptors (Lipinski definition) is 5. The predicted molar refractivity (Wildman–Crippen MR) is 103 cm³/mol. The number of benzene rings is 1. The number of carbonyl (C=O) groups excluding carboxylic acids is 4. The lowest BCUT2D eigenvalue weighted by molar-refractivity contribution is -0.155. The molecule has 0 bridgehead atoms. The third-order valence-corrected chi connectivity index (χ3v) is 4.16. The van der Waals surface area contributed by atoms with Gasteiger partial charge in [-0.15, -0.1) is 0 Å². The third kappa shape index (κ3) is 5.42. The molecule has 8 nitrogen and oxygen atoms in total. The molecule has 1 aliphatic heterocycles. The van der Waals surface area contributed by atoms with Gasteiger partial charge < -0.3 is 15.0 Å². The average Bonchev–Trinajstić information content (AvgIpc) is 2.60. The van der Waals surface area contributed by atoms with Gasteiger partial charge in [0.25, 0.3) is 5.91 Å². The minimum Gasteiger partial charge on any atom is -0.452 e. The number of urea groups is 1. The summed E-state index contributed by atoms with van der Waals surface area (Å²) in [5.74, 6) is -1.58. The molecule has 0 aliphatic carbocycles. The molecule has 2 rings (SSSR count). The van der Waals surface area contributed by atoms with Crippen LogP contribution in [0, 0.1) is 0 Å². The lowest BCUT2D eigenvalue weighted by Crippen LogP contribution is -2.46. The fourth-order valence-electron chi connectivity index (χ4n) is 2.88. The van der Waals surface area contributed by atoms with E-state index in [1.807, 2.05) is 30.3 Å². The summed E-state index contributed by atoms with van der Waals surface area (Å²) in [7, 11) is 0. The molecule has 0 aromatic heterocycles. The van der Waals surface area contributed by atoms with Crippen molar-refractivity contribution >= 4 is 29.9 Å². The summed E-state index contributed by atoms with van der Waals surface area (Å²) in [6, 6.07) is 6.13. The van der Waals surface area contributed by atoms with Gasteiger partial charge in [-0.3, -0.25) is 19.7 Å². The Kier molecular flexibility index (Phi) is 6.92. The molecule has 0 fully saturated rings. The number of amides is 4. The second-order valence-electron chi connectivity index (χ2n) is 6.84. The van der Waals surface area contributed by atoms with Gasteiger partial charge in [0.2, 0.25) is 5.91 Å². The van der Waals surface area contributed by atoms with Gasteiger partial charge in [0.1, 0.15) is 0 Å². The van der Waals surface area contributed by atoms with Gasteiger partial charge in [-0.05, 0) is 38.0 Å². The smallest absolute Gasteiger partial charge is 0.321 e. The van der Waals surface area contributed by atoms with Crippen LogP contribution >= 0.6 is 0 Å². The van der Waals surface area contributed by atoms with E-state index >= 15 is 0 Å². The highest BCUT2D eigenvalue weighted by atomic mass is 16.5. The minimum atomic E-state index is -1.15. The molecule has 0 unspecified atom stereocenters. The van der Waals surface area contributed by atoms with E-state index in [0.717, 1.165) is 11.1 Å². The molecular weight excluding hydrogens is 362 g/mol. The van der Waals surface area contributed by atoms with Crippen molar-refractivity contribution in [1.82, 2.24) is 15.5 Å². The van der Waals surface area contributed by atoms with Crippen LogP contribution in [0.4, 0.5) is 4.79 Å². The summed E-state index contributed by atoms with van der Waals surface area (Å²) in [4.78, 5) is 49.4. The molecule has 0 radical (unpaired) electrons. The van der Waals surface area contributed by atoms with E-state index in [1.165, 1.54) is 18.7 Å². The summed E-state index contributed by atoms with van der Waals surface area (Å²) in [6.07, 6.45) is 2.18. The summed E-state index contributed by atoms with van der Waals surface area (Å²) in [5.41, 5.74) is 1.74. The maximum atomic E-state index is 12.4. The van der Waals surface area contributed by atoms with Crippen LogP contribution in [-0.2, 0) is 19.1 Å². The lowest BCUT2D eigenvalue weighted by atomic mass is 9.94. The first kappa shape index (κ1) is 21.1. The van der Waals surface area contributed by atoms with Crippen molar-refractivity contribution in [3.05, 3.63) is 41.6 Å². The minimum absolute atomic E-state index is 0.114. The standard InChI is InChI=1S/C20H25N3O5/c1-12(2)21-20(27)22-19(26)13(3)28-18(25)11-17-16-8-6-5-7-15(16)9-10-23(17)14(4)24/h5-10,12-13,17H,11H2,1-4H3,(H2,21,22,26,27)/t13-,17+/m1/s1. The third-order valence-electron chi connectivity index (χ3n) is 4.16. The molecule has 1 aliphatic rings. The highest BCUT2D eigenvalue weighted by molar-refractivity contribution is 5.97. The summed E-state index contributed by atoms with van der Waals surface area (Å²) in [6.45, 7) is 6.31. The van der Waals surface area contributed by atoms with Gasteiger partial charge in [-0.1, -0.05) is 24.3 Å². The fraction of sp³-hybridized carbons (Fsp3) is 0.400. The van der Waals surface area contributed by atoms with Gasteiger partial charge in [0.15, 0.2) is 6.10 Å². The number of ether oxygens (including phenoxy) is 1. The lowest BCUT2D eigenvalue weighted by Gasteiger charge is -2.32. The van der Waals surface area contributed by atoms with Gasteiger partial charge in [0, 0.05) is 19.2 Å². The fourth-order valence-corrected chi connectivity index (χ4v) is 2.88. The van der Waals surface area contributed by atoms with E-state index in [9.17, 15) is 19.2 Å². The van der Waals surface area contributed by atoms with Crippen LogP contribution in [0.3, 0.4) is 0 Å². The molecule has 2 N–H and O–H groups in total. The zero-order chi connectivity index (χ0) is 20.8. The molecule has 8 heteroatoms. The molecule has 150 valence electrons. The number of fused-ring (bicyclic) bond motifs is 1. The highest BCUT2D eigenvalue weighted by Gasteiger charge is 2.30. The van der Waals surface area contributed by atoms with E-state index in [0.29, 0.717) is 0 Å². The Balaban J connectivity index is 2.02. The predicted octanol–water partition coefficient (Wildman–Crippen LogP) is 2.12. The van der Waals surface area contributed by atoms with Crippen LogP contribution in [0.1, 0.15) is 51.3 Å². The van der Waals surface area contributed by atoms with Crippen molar-refractivity contribution in [2.45, 2.75) is 52.3 Å². The first-order valence-corrected chi connectivity index (χ1v) is 9.06. The van der Waals surface area contributed by atoms with Gasteiger partial charge in [-0.2, -0.15) is 0 Å². The normalized spacial score (nSPS) is 16.2. The number of imide groups is 1. The number of hydrogen-bond donors (Lipinski definition) is 2. The topological polar surface area (TPSA) is 105 Å².